The second-order valence-corrected chi connectivity index (χ2v) is 5.21. The molecule has 0 amide bonds. The summed E-state index contributed by atoms with van der Waals surface area (Å²) in [5.74, 6) is -1.88. The van der Waals surface area contributed by atoms with E-state index in [4.69, 9.17) is 0 Å². The van der Waals surface area contributed by atoms with Crippen molar-refractivity contribution in [3.8, 4) is 11.6 Å². The van der Waals surface area contributed by atoms with Gasteiger partial charge in [-0.2, -0.15) is 0 Å². The zero-order valence-electron chi connectivity index (χ0n) is 12.3. The molecule has 0 spiro atoms. The van der Waals surface area contributed by atoms with E-state index in [1.807, 2.05) is 30.3 Å². The lowest BCUT2D eigenvalue weighted by Crippen LogP contribution is -2.22. The number of hydrogen-bond donors (Lipinski definition) is 1. The van der Waals surface area contributed by atoms with Crippen LogP contribution in [0.25, 0.3) is 5.69 Å². The van der Waals surface area contributed by atoms with Gasteiger partial charge in [-0.25, -0.2) is 18.1 Å². The fraction of sp³-hybridized carbons (Fsp3) is 0.118. The van der Waals surface area contributed by atoms with Gasteiger partial charge in [0.05, 0.1) is 11.4 Å². The minimum Gasteiger partial charge on any atom is -0.493 e. The SMILES string of the molecule is Cn1c(Cc2ccccc2)c(O)n(-c2cc(F)ccc2F)c1=O. The van der Waals surface area contributed by atoms with E-state index in [0.29, 0.717) is 12.1 Å². The summed E-state index contributed by atoms with van der Waals surface area (Å²) in [6.07, 6.45) is 0.294. The van der Waals surface area contributed by atoms with Gasteiger partial charge in [0.15, 0.2) is 0 Å². The van der Waals surface area contributed by atoms with E-state index in [1.165, 1.54) is 11.6 Å². The standard InChI is InChI=1S/C17H14F2N2O2/c1-20-15(9-11-5-3-2-4-6-11)16(22)21(17(20)23)14-10-12(18)7-8-13(14)19/h2-8,10,22H,9H2,1H3. The summed E-state index contributed by atoms with van der Waals surface area (Å²) in [7, 11) is 1.48. The van der Waals surface area contributed by atoms with Gasteiger partial charge in [0, 0.05) is 19.5 Å². The fourth-order valence-electron chi connectivity index (χ4n) is 2.50. The first kappa shape index (κ1) is 15.0. The second kappa shape index (κ2) is 5.72. The number of imidazole rings is 1. The van der Waals surface area contributed by atoms with Crippen molar-refractivity contribution < 1.29 is 13.9 Å². The molecule has 6 heteroatoms. The van der Waals surface area contributed by atoms with Gasteiger partial charge in [0.1, 0.15) is 11.6 Å². The first-order valence-corrected chi connectivity index (χ1v) is 6.98. The van der Waals surface area contributed by atoms with E-state index in [-0.39, 0.29) is 5.69 Å². The third kappa shape index (κ3) is 2.63. The van der Waals surface area contributed by atoms with Crippen LogP contribution >= 0.6 is 0 Å². The molecule has 1 aromatic heterocycles. The Balaban J connectivity index is 2.15. The van der Waals surface area contributed by atoms with E-state index >= 15 is 0 Å². The molecule has 0 bridgehead atoms. The van der Waals surface area contributed by atoms with Gasteiger partial charge >= 0.3 is 5.69 Å². The molecule has 1 heterocycles. The quantitative estimate of drug-likeness (QED) is 0.808. The fourth-order valence-corrected chi connectivity index (χ4v) is 2.50. The van der Waals surface area contributed by atoms with Crippen molar-refractivity contribution in [2.75, 3.05) is 0 Å². The molecule has 3 aromatic rings. The second-order valence-electron chi connectivity index (χ2n) is 5.21. The molecule has 23 heavy (non-hydrogen) atoms. The lowest BCUT2D eigenvalue weighted by Gasteiger charge is -2.06. The van der Waals surface area contributed by atoms with Crippen LogP contribution < -0.4 is 5.69 Å². The molecule has 0 saturated carbocycles. The van der Waals surface area contributed by atoms with Crippen molar-refractivity contribution in [3.05, 3.63) is 81.9 Å². The summed E-state index contributed by atoms with van der Waals surface area (Å²) in [6, 6.07) is 12.0. The molecule has 3 rings (SSSR count). The Hall–Kier alpha value is -2.89. The maximum atomic E-state index is 13.9. The maximum Gasteiger partial charge on any atom is 0.335 e. The van der Waals surface area contributed by atoms with Crippen LogP contribution in [0.3, 0.4) is 0 Å². The van der Waals surface area contributed by atoms with Crippen LogP contribution in [0.4, 0.5) is 8.78 Å². The molecule has 0 radical (unpaired) electrons. The number of halogens is 2. The normalized spacial score (nSPS) is 10.9. The molecular formula is C17H14F2N2O2. The molecule has 0 unspecified atom stereocenters. The third-order valence-corrected chi connectivity index (χ3v) is 3.72. The monoisotopic (exact) mass is 316 g/mol. The van der Waals surface area contributed by atoms with Crippen molar-refractivity contribution >= 4 is 0 Å². The molecule has 0 aliphatic heterocycles. The van der Waals surface area contributed by atoms with Crippen molar-refractivity contribution in [3.63, 3.8) is 0 Å². The predicted octanol–water partition coefficient (Wildman–Crippen LogP) is 2.75. The van der Waals surface area contributed by atoms with E-state index in [1.54, 1.807) is 0 Å². The lowest BCUT2D eigenvalue weighted by molar-refractivity contribution is 0.432. The average Bonchev–Trinajstić information content (AvgIpc) is 2.75. The molecule has 118 valence electrons. The number of nitrogens with zero attached hydrogens (tertiary/aromatic N) is 2. The highest BCUT2D eigenvalue weighted by atomic mass is 19.1. The summed E-state index contributed by atoms with van der Waals surface area (Å²) >= 11 is 0. The summed E-state index contributed by atoms with van der Waals surface area (Å²) in [4.78, 5) is 12.3. The van der Waals surface area contributed by atoms with E-state index < -0.39 is 23.2 Å². The number of benzene rings is 2. The Kier molecular flexibility index (Phi) is 3.73. The number of aromatic hydroxyl groups is 1. The smallest absolute Gasteiger partial charge is 0.335 e. The number of rotatable bonds is 3. The van der Waals surface area contributed by atoms with Gasteiger partial charge in [-0.15, -0.1) is 0 Å². The molecule has 4 nitrogen and oxygen atoms in total. The van der Waals surface area contributed by atoms with Gasteiger partial charge in [-0.3, -0.25) is 4.57 Å². The molecule has 2 aromatic carbocycles. The molecule has 0 aliphatic rings. The van der Waals surface area contributed by atoms with Crippen molar-refractivity contribution in [2.45, 2.75) is 6.42 Å². The molecule has 0 atom stereocenters. The Bertz CT molecular complexity index is 914. The molecule has 1 N–H and O–H groups in total. The highest BCUT2D eigenvalue weighted by molar-refractivity contribution is 5.41. The van der Waals surface area contributed by atoms with Crippen LogP contribution in [0.5, 0.6) is 5.88 Å². The summed E-state index contributed by atoms with van der Waals surface area (Å²) in [6.45, 7) is 0. The average molecular weight is 316 g/mol. The molecule has 0 saturated heterocycles. The first-order valence-electron chi connectivity index (χ1n) is 6.98. The highest BCUT2D eigenvalue weighted by Crippen LogP contribution is 2.24. The predicted molar refractivity (Wildman–Crippen MR) is 81.8 cm³/mol. The van der Waals surface area contributed by atoms with Crippen molar-refractivity contribution in [1.29, 1.82) is 0 Å². The molecule has 0 fully saturated rings. The van der Waals surface area contributed by atoms with Gasteiger partial charge in [-0.1, -0.05) is 30.3 Å². The summed E-state index contributed by atoms with van der Waals surface area (Å²) < 4.78 is 29.3. The maximum absolute atomic E-state index is 13.9. The van der Waals surface area contributed by atoms with Gasteiger partial charge < -0.3 is 5.11 Å². The number of aromatic nitrogens is 2. The third-order valence-electron chi connectivity index (χ3n) is 3.72. The zero-order chi connectivity index (χ0) is 16.6. The van der Waals surface area contributed by atoms with Crippen molar-refractivity contribution in [1.82, 2.24) is 9.13 Å². The van der Waals surface area contributed by atoms with E-state index in [0.717, 1.165) is 28.3 Å². The molecular weight excluding hydrogens is 302 g/mol. The van der Waals surface area contributed by atoms with Crippen LogP contribution in [-0.2, 0) is 13.5 Å². The highest BCUT2D eigenvalue weighted by Gasteiger charge is 2.21. The van der Waals surface area contributed by atoms with Gasteiger partial charge in [0.25, 0.3) is 0 Å². The van der Waals surface area contributed by atoms with E-state index in [2.05, 4.69) is 0 Å². The Morgan fingerprint density at radius 3 is 2.48 bits per heavy atom. The minimum absolute atomic E-state index is 0.294. The van der Waals surface area contributed by atoms with Crippen LogP contribution in [0.1, 0.15) is 11.3 Å². The zero-order valence-corrected chi connectivity index (χ0v) is 12.3. The largest absolute Gasteiger partial charge is 0.493 e. The Morgan fingerprint density at radius 1 is 1.09 bits per heavy atom. The Morgan fingerprint density at radius 2 is 1.78 bits per heavy atom. The summed E-state index contributed by atoms with van der Waals surface area (Å²) in [5, 5.41) is 10.4. The van der Waals surface area contributed by atoms with Crippen LogP contribution in [0, 0.1) is 11.6 Å². The minimum atomic E-state index is -0.791. The van der Waals surface area contributed by atoms with Crippen LogP contribution in [-0.4, -0.2) is 14.2 Å². The number of hydrogen-bond acceptors (Lipinski definition) is 2. The Labute approximate surface area is 130 Å². The van der Waals surface area contributed by atoms with Gasteiger partial charge in [0.2, 0.25) is 5.88 Å². The van der Waals surface area contributed by atoms with Gasteiger partial charge in [-0.05, 0) is 17.7 Å². The van der Waals surface area contributed by atoms with Crippen LogP contribution in [0.15, 0.2) is 53.3 Å². The van der Waals surface area contributed by atoms with E-state index in [9.17, 15) is 18.7 Å². The van der Waals surface area contributed by atoms with Crippen LogP contribution in [0.2, 0.25) is 0 Å². The molecule has 0 aliphatic carbocycles. The summed E-state index contributed by atoms with van der Waals surface area (Å²) in [5.41, 5.74) is 0.250. The first-order chi connectivity index (χ1) is 11.0. The lowest BCUT2D eigenvalue weighted by atomic mass is 10.1. The van der Waals surface area contributed by atoms with Crippen molar-refractivity contribution in [2.24, 2.45) is 7.05 Å². The topological polar surface area (TPSA) is 47.2 Å².